The van der Waals surface area contributed by atoms with Crippen LogP contribution in [0.1, 0.15) is 12.5 Å². The van der Waals surface area contributed by atoms with Crippen LogP contribution in [0.2, 0.25) is 10.0 Å². The van der Waals surface area contributed by atoms with E-state index in [9.17, 15) is 0 Å². The first-order chi connectivity index (χ1) is 8.19. The molecule has 0 unspecified atom stereocenters. The van der Waals surface area contributed by atoms with Crippen molar-refractivity contribution in [3.05, 3.63) is 46.2 Å². The Morgan fingerprint density at radius 1 is 1.29 bits per heavy atom. The average Bonchev–Trinajstić information content (AvgIpc) is 2.79. The second kappa shape index (κ2) is 5.43. The summed E-state index contributed by atoms with van der Waals surface area (Å²) in [6.07, 6.45) is 3.55. The highest BCUT2D eigenvalue weighted by Gasteiger charge is 2.02. The van der Waals surface area contributed by atoms with Gasteiger partial charge in [0.2, 0.25) is 0 Å². The number of aromatic nitrogens is 2. The number of aryl methyl sites for hydroxylation is 1. The quantitative estimate of drug-likeness (QED) is 0.845. The maximum atomic E-state index is 5.92. The summed E-state index contributed by atoms with van der Waals surface area (Å²) < 4.78 is 7.39. The zero-order valence-corrected chi connectivity index (χ0v) is 10.9. The molecule has 0 N–H and O–H groups in total. The third-order valence-electron chi connectivity index (χ3n) is 2.32. The van der Waals surface area contributed by atoms with Gasteiger partial charge in [-0.2, -0.15) is 5.10 Å². The monoisotopic (exact) mass is 270 g/mol. The van der Waals surface area contributed by atoms with Gasteiger partial charge in [-0.3, -0.25) is 4.68 Å². The van der Waals surface area contributed by atoms with Crippen molar-refractivity contribution in [3.8, 4) is 5.75 Å². The van der Waals surface area contributed by atoms with Crippen molar-refractivity contribution in [2.24, 2.45) is 0 Å². The summed E-state index contributed by atoms with van der Waals surface area (Å²) in [6, 6.07) is 5.45. The molecule has 1 aromatic carbocycles. The van der Waals surface area contributed by atoms with Gasteiger partial charge < -0.3 is 4.74 Å². The smallest absolute Gasteiger partial charge is 0.157 e. The standard InChI is InChI=1S/C12H12Cl2N2O/c1-2-16-7-10(6-15-16)17-8-9-3-4-11(13)12(14)5-9/h3-7H,2,8H2,1H3. The van der Waals surface area contributed by atoms with Gasteiger partial charge in [0.1, 0.15) is 6.61 Å². The number of rotatable bonds is 4. The summed E-state index contributed by atoms with van der Waals surface area (Å²) in [7, 11) is 0. The fourth-order valence-corrected chi connectivity index (χ4v) is 1.71. The van der Waals surface area contributed by atoms with Gasteiger partial charge in [0.25, 0.3) is 0 Å². The first-order valence-corrected chi connectivity index (χ1v) is 6.04. The van der Waals surface area contributed by atoms with E-state index in [1.807, 2.05) is 23.9 Å². The highest BCUT2D eigenvalue weighted by molar-refractivity contribution is 6.42. The van der Waals surface area contributed by atoms with E-state index in [2.05, 4.69) is 5.10 Å². The maximum Gasteiger partial charge on any atom is 0.157 e. The van der Waals surface area contributed by atoms with Gasteiger partial charge in [0.05, 0.1) is 22.4 Å². The number of benzene rings is 1. The number of halogens is 2. The van der Waals surface area contributed by atoms with Crippen molar-refractivity contribution in [2.45, 2.75) is 20.1 Å². The van der Waals surface area contributed by atoms with Crippen LogP contribution in [-0.4, -0.2) is 9.78 Å². The largest absolute Gasteiger partial charge is 0.486 e. The Labute approximate surface area is 110 Å². The second-order valence-corrected chi connectivity index (χ2v) is 4.38. The molecule has 0 fully saturated rings. The Bertz CT molecular complexity index is 511. The lowest BCUT2D eigenvalue weighted by Crippen LogP contribution is -1.95. The topological polar surface area (TPSA) is 27.1 Å². The Kier molecular flexibility index (Phi) is 3.92. The lowest BCUT2D eigenvalue weighted by molar-refractivity contribution is 0.306. The van der Waals surface area contributed by atoms with Gasteiger partial charge in [-0.05, 0) is 24.6 Å². The summed E-state index contributed by atoms with van der Waals surface area (Å²) in [5, 5.41) is 5.21. The number of nitrogens with zero attached hydrogens (tertiary/aromatic N) is 2. The minimum atomic E-state index is 0.451. The van der Waals surface area contributed by atoms with E-state index >= 15 is 0 Å². The van der Waals surface area contributed by atoms with Crippen LogP contribution in [-0.2, 0) is 13.2 Å². The molecular weight excluding hydrogens is 259 g/mol. The Balaban J connectivity index is 1.99. The summed E-state index contributed by atoms with van der Waals surface area (Å²) >= 11 is 11.8. The summed E-state index contributed by atoms with van der Waals surface area (Å²) in [5.74, 6) is 0.748. The van der Waals surface area contributed by atoms with Gasteiger partial charge in [-0.25, -0.2) is 0 Å². The highest BCUT2D eigenvalue weighted by Crippen LogP contribution is 2.23. The van der Waals surface area contributed by atoms with Crippen molar-refractivity contribution in [1.82, 2.24) is 9.78 Å². The molecule has 0 atom stereocenters. The predicted molar refractivity (Wildman–Crippen MR) is 68.7 cm³/mol. The van der Waals surface area contributed by atoms with Crippen molar-refractivity contribution < 1.29 is 4.74 Å². The first-order valence-electron chi connectivity index (χ1n) is 5.28. The molecule has 0 aliphatic carbocycles. The van der Waals surface area contributed by atoms with Crippen LogP contribution in [0.3, 0.4) is 0 Å². The Morgan fingerprint density at radius 3 is 2.76 bits per heavy atom. The minimum absolute atomic E-state index is 0.451. The molecule has 0 saturated carbocycles. The molecule has 0 bridgehead atoms. The normalized spacial score (nSPS) is 10.5. The van der Waals surface area contributed by atoms with Crippen molar-refractivity contribution in [1.29, 1.82) is 0 Å². The molecule has 0 saturated heterocycles. The molecule has 90 valence electrons. The fraction of sp³-hybridized carbons (Fsp3) is 0.250. The van der Waals surface area contributed by atoms with Crippen LogP contribution < -0.4 is 4.74 Å². The molecule has 0 spiro atoms. The molecule has 5 heteroatoms. The average molecular weight is 271 g/mol. The second-order valence-electron chi connectivity index (χ2n) is 3.57. The lowest BCUT2D eigenvalue weighted by Gasteiger charge is -2.04. The predicted octanol–water partition coefficient (Wildman–Crippen LogP) is 3.79. The molecule has 1 heterocycles. The number of hydrogen-bond donors (Lipinski definition) is 0. The fourth-order valence-electron chi connectivity index (χ4n) is 1.39. The first kappa shape index (κ1) is 12.3. The van der Waals surface area contributed by atoms with E-state index in [1.165, 1.54) is 0 Å². The van der Waals surface area contributed by atoms with E-state index in [4.69, 9.17) is 27.9 Å². The zero-order chi connectivity index (χ0) is 12.3. The molecule has 1 aromatic heterocycles. The van der Waals surface area contributed by atoms with Gasteiger partial charge in [-0.1, -0.05) is 29.3 Å². The molecule has 2 aromatic rings. The van der Waals surface area contributed by atoms with Crippen LogP contribution in [0.15, 0.2) is 30.6 Å². The third-order valence-corrected chi connectivity index (χ3v) is 3.06. The molecule has 17 heavy (non-hydrogen) atoms. The minimum Gasteiger partial charge on any atom is -0.486 e. The van der Waals surface area contributed by atoms with Crippen LogP contribution in [0.25, 0.3) is 0 Å². The van der Waals surface area contributed by atoms with Crippen LogP contribution >= 0.6 is 23.2 Å². The van der Waals surface area contributed by atoms with E-state index in [0.29, 0.717) is 16.7 Å². The van der Waals surface area contributed by atoms with E-state index in [1.54, 1.807) is 18.3 Å². The molecule has 0 aliphatic heterocycles. The Hall–Kier alpha value is -1.19. The molecule has 0 radical (unpaired) electrons. The van der Waals surface area contributed by atoms with E-state index in [-0.39, 0.29) is 0 Å². The summed E-state index contributed by atoms with van der Waals surface area (Å²) in [4.78, 5) is 0. The van der Waals surface area contributed by atoms with Crippen molar-refractivity contribution in [2.75, 3.05) is 0 Å². The lowest BCUT2D eigenvalue weighted by atomic mass is 10.2. The Morgan fingerprint density at radius 2 is 2.12 bits per heavy atom. The maximum absolute atomic E-state index is 5.92. The highest BCUT2D eigenvalue weighted by atomic mass is 35.5. The van der Waals surface area contributed by atoms with Gasteiger partial charge in [0, 0.05) is 6.54 Å². The zero-order valence-electron chi connectivity index (χ0n) is 9.36. The summed E-state index contributed by atoms with van der Waals surface area (Å²) in [6.45, 7) is 3.30. The molecular formula is C12H12Cl2N2O. The SMILES string of the molecule is CCn1cc(OCc2ccc(Cl)c(Cl)c2)cn1. The molecule has 0 aliphatic rings. The third kappa shape index (κ3) is 3.14. The van der Waals surface area contributed by atoms with Crippen LogP contribution in [0, 0.1) is 0 Å². The molecule has 0 amide bonds. The van der Waals surface area contributed by atoms with E-state index < -0.39 is 0 Å². The molecule has 3 nitrogen and oxygen atoms in total. The van der Waals surface area contributed by atoms with Gasteiger partial charge in [0.15, 0.2) is 5.75 Å². The van der Waals surface area contributed by atoms with Gasteiger partial charge >= 0.3 is 0 Å². The van der Waals surface area contributed by atoms with Crippen molar-refractivity contribution in [3.63, 3.8) is 0 Å². The van der Waals surface area contributed by atoms with Crippen LogP contribution in [0.5, 0.6) is 5.75 Å². The van der Waals surface area contributed by atoms with Crippen LogP contribution in [0.4, 0.5) is 0 Å². The summed E-state index contributed by atoms with van der Waals surface area (Å²) in [5.41, 5.74) is 0.976. The molecule has 2 rings (SSSR count). The van der Waals surface area contributed by atoms with E-state index in [0.717, 1.165) is 17.9 Å². The van der Waals surface area contributed by atoms with Crippen molar-refractivity contribution >= 4 is 23.2 Å². The van der Waals surface area contributed by atoms with Gasteiger partial charge in [-0.15, -0.1) is 0 Å². The number of hydrogen-bond acceptors (Lipinski definition) is 2. The number of ether oxygens (including phenoxy) is 1.